The number of rotatable bonds is 3. The third kappa shape index (κ3) is 15.6. The van der Waals surface area contributed by atoms with E-state index in [1.54, 1.807) is 0 Å². The van der Waals surface area contributed by atoms with Crippen molar-refractivity contribution in [2.45, 2.75) is 104 Å². The van der Waals surface area contributed by atoms with Gasteiger partial charge in [-0.25, -0.2) is 17.6 Å². The average molecular weight is 850 g/mol. The Kier molecular flexibility index (Phi) is 18.3. The smallest absolute Gasteiger partial charge is 0.278 e. The maximum atomic E-state index is 13.1. The minimum Gasteiger partial charge on any atom is -0.299 e. The van der Waals surface area contributed by atoms with Crippen LogP contribution in [0.25, 0.3) is 0 Å². The van der Waals surface area contributed by atoms with E-state index in [1.807, 2.05) is 44.2 Å². The Morgan fingerprint density at radius 2 is 1.14 bits per heavy atom. The molecule has 0 aromatic heterocycles. The molecule has 0 unspecified atom stereocenters. The van der Waals surface area contributed by atoms with Gasteiger partial charge in [-0.1, -0.05) is 83.4 Å². The summed E-state index contributed by atoms with van der Waals surface area (Å²) in [5.74, 6) is -4.62. The van der Waals surface area contributed by atoms with Gasteiger partial charge >= 0.3 is 0 Å². The van der Waals surface area contributed by atoms with Crippen LogP contribution in [0.15, 0.2) is 53.0 Å². The van der Waals surface area contributed by atoms with Crippen molar-refractivity contribution in [3.05, 3.63) is 103 Å². The molecule has 0 fully saturated rings. The fourth-order valence-electron chi connectivity index (χ4n) is 5.96. The number of ketones is 1. The second kappa shape index (κ2) is 20.6. The number of carbonyl (C=O) groups excluding carboxylic acids is 1. The Labute approximate surface area is 318 Å². The minimum absolute atomic E-state index is 0.00343. The lowest BCUT2D eigenvalue weighted by Gasteiger charge is -2.24. The summed E-state index contributed by atoms with van der Waals surface area (Å²) < 4.78 is 88.8. The van der Waals surface area contributed by atoms with Crippen LogP contribution in [0.3, 0.4) is 0 Å². The summed E-state index contributed by atoms with van der Waals surface area (Å²) >= 11 is 7.96. The molecule has 0 spiro atoms. The molecular weight excluding hydrogens is 802 g/mol. The first kappa shape index (κ1) is 45.4. The largest absolute Gasteiger partial charge is 0.299 e. The number of halogens is 10. The maximum absolute atomic E-state index is 13.1. The van der Waals surface area contributed by atoms with Crippen LogP contribution in [-0.4, -0.2) is 40.4 Å². The van der Waals surface area contributed by atoms with E-state index in [0.29, 0.717) is 29.4 Å². The Morgan fingerprint density at radius 3 is 1.61 bits per heavy atom. The predicted molar refractivity (Wildman–Crippen MR) is 203 cm³/mol. The summed E-state index contributed by atoms with van der Waals surface area (Å²) in [6.45, 7) is 9.21. The number of carbonyl (C=O) groups is 1. The highest BCUT2D eigenvalue weighted by Gasteiger charge is 2.35. The lowest BCUT2D eigenvalue weighted by molar-refractivity contribution is -0.118. The molecule has 0 bridgehead atoms. The number of aryl methyl sites for hydroxylation is 6. The van der Waals surface area contributed by atoms with E-state index in [-0.39, 0.29) is 44.1 Å². The van der Waals surface area contributed by atoms with Gasteiger partial charge in [0.2, 0.25) is 0 Å². The van der Waals surface area contributed by atoms with Crippen LogP contribution in [0.5, 0.6) is 0 Å². The van der Waals surface area contributed by atoms with E-state index in [2.05, 4.69) is 41.1 Å². The monoisotopic (exact) mass is 847 g/mol. The lowest BCUT2D eigenvalue weighted by Crippen LogP contribution is -2.25. The SMILES string of the molecule is CCN(CC)S(F)(F)F.Cc1cc2c(cc1Br)CC(F)(F)CC2.Cc1ccc2c(c1)CCC(=O)C2.Cc1ccc2c(c1)CCC(F)(F)C2.ClCCl. The van der Waals surface area contributed by atoms with Gasteiger partial charge in [-0.05, 0) is 85.0 Å². The van der Waals surface area contributed by atoms with Gasteiger partial charge in [0.1, 0.15) is 5.78 Å². The molecule has 0 saturated heterocycles. The molecule has 0 N–H and O–H groups in total. The van der Waals surface area contributed by atoms with Gasteiger partial charge < -0.3 is 0 Å². The van der Waals surface area contributed by atoms with Crippen LogP contribution < -0.4 is 0 Å². The Hall–Kier alpha value is -1.79. The molecule has 3 aliphatic carbocycles. The lowest BCUT2D eigenvalue weighted by atomic mass is 9.88. The van der Waals surface area contributed by atoms with Crippen LogP contribution in [-0.2, 0) is 43.3 Å². The second-order valence-electron chi connectivity index (χ2n) is 12.8. The molecule has 0 aliphatic heterocycles. The number of alkyl halides is 6. The quantitative estimate of drug-likeness (QED) is 0.193. The summed E-state index contributed by atoms with van der Waals surface area (Å²) in [5.41, 5.74) is 9.97. The van der Waals surface area contributed by atoms with E-state index in [0.717, 1.165) is 50.7 Å². The van der Waals surface area contributed by atoms with Gasteiger partial charge in [0, 0.05) is 56.1 Å². The van der Waals surface area contributed by atoms with E-state index in [4.69, 9.17) is 23.2 Å². The van der Waals surface area contributed by atoms with Crippen molar-refractivity contribution in [1.29, 1.82) is 0 Å². The molecular formula is C38H47BrCl2F7NOS. The topological polar surface area (TPSA) is 20.3 Å². The van der Waals surface area contributed by atoms with Crippen LogP contribution in [0, 0.1) is 20.8 Å². The number of hydrogen-bond donors (Lipinski definition) is 0. The van der Waals surface area contributed by atoms with E-state index in [9.17, 15) is 34.0 Å². The molecule has 3 aliphatic rings. The first-order valence-electron chi connectivity index (χ1n) is 16.7. The van der Waals surface area contributed by atoms with Gasteiger partial charge in [0.05, 0.1) is 5.34 Å². The molecule has 6 rings (SSSR count). The van der Waals surface area contributed by atoms with Crippen molar-refractivity contribution in [2.24, 2.45) is 0 Å². The number of benzene rings is 3. The van der Waals surface area contributed by atoms with Crippen molar-refractivity contribution < 1.29 is 34.0 Å². The number of nitrogens with zero attached hydrogens (tertiary/aromatic N) is 1. The highest BCUT2D eigenvalue weighted by atomic mass is 79.9. The van der Waals surface area contributed by atoms with Crippen molar-refractivity contribution in [2.75, 3.05) is 18.4 Å². The summed E-state index contributed by atoms with van der Waals surface area (Å²) in [7, 11) is 0. The molecule has 0 saturated carbocycles. The molecule has 286 valence electrons. The van der Waals surface area contributed by atoms with Crippen molar-refractivity contribution >= 4 is 56.3 Å². The molecule has 2 nitrogen and oxygen atoms in total. The molecule has 0 heterocycles. The van der Waals surface area contributed by atoms with Gasteiger partial charge in [-0.2, -0.15) is 4.31 Å². The Balaban J connectivity index is 0.000000232. The highest BCUT2D eigenvalue weighted by Crippen LogP contribution is 2.56. The summed E-state index contributed by atoms with van der Waals surface area (Å²) in [5, 5.41) is 0.194. The van der Waals surface area contributed by atoms with E-state index >= 15 is 0 Å². The Bertz CT molecular complexity index is 1580. The van der Waals surface area contributed by atoms with Gasteiger partial charge in [0.15, 0.2) is 0 Å². The number of hydrogen-bond acceptors (Lipinski definition) is 2. The zero-order chi connectivity index (χ0) is 38.6. The van der Waals surface area contributed by atoms with E-state index in [1.165, 1.54) is 30.5 Å². The minimum atomic E-state index is -4.93. The second-order valence-corrected chi connectivity index (χ2v) is 15.7. The number of Topliss-reactive ketones (excluding diaryl/α,β-unsaturated/α-hetero) is 1. The van der Waals surface area contributed by atoms with Crippen LogP contribution >= 0.6 is 50.5 Å². The third-order valence-corrected chi connectivity index (χ3v) is 10.6. The van der Waals surface area contributed by atoms with Crippen molar-refractivity contribution in [1.82, 2.24) is 4.31 Å². The first-order valence-corrected chi connectivity index (χ1v) is 19.9. The fourth-order valence-corrected chi connectivity index (χ4v) is 6.94. The molecule has 3 aromatic carbocycles. The summed E-state index contributed by atoms with van der Waals surface area (Å²) in [6.07, 6.45) is 3.14. The zero-order valence-corrected chi connectivity index (χ0v) is 33.6. The molecule has 3 aromatic rings. The van der Waals surface area contributed by atoms with Gasteiger partial charge in [-0.3, -0.25) is 4.79 Å². The van der Waals surface area contributed by atoms with Gasteiger partial charge in [-0.15, -0.1) is 34.9 Å². The molecule has 51 heavy (non-hydrogen) atoms. The Morgan fingerprint density at radius 1 is 0.686 bits per heavy atom. The highest BCUT2D eigenvalue weighted by molar-refractivity contribution is 9.10. The fraction of sp³-hybridized carbons (Fsp3) is 0.500. The summed E-state index contributed by atoms with van der Waals surface area (Å²) in [4.78, 5) is 11.1. The average Bonchev–Trinajstić information content (AvgIpc) is 3.03. The van der Waals surface area contributed by atoms with Crippen molar-refractivity contribution in [3.8, 4) is 0 Å². The third-order valence-electron chi connectivity index (χ3n) is 8.68. The summed E-state index contributed by atoms with van der Waals surface area (Å²) in [6, 6.07) is 16.0. The van der Waals surface area contributed by atoms with Gasteiger partial charge in [0.25, 0.3) is 23.2 Å². The van der Waals surface area contributed by atoms with Crippen LogP contribution in [0.2, 0.25) is 0 Å². The molecule has 0 atom stereocenters. The molecule has 0 radical (unpaired) electrons. The molecule has 0 amide bonds. The zero-order valence-electron chi connectivity index (χ0n) is 29.6. The number of fused-ring (bicyclic) bond motifs is 3. The maximum Gasteiger partial charge on any atom is 0.278 e. The normalized spacial score (nSPS) is 16.9. The standard InChI is InChI=1S/C11H11BrF2.C11H12F2.C11H12O.C4H10F3NS.CH2Cl2/c1-7-4-8-2-3-11(13,14)6-9(8)5-10(7)12;1-8-2-3-10-7-11(12,13)5-4-9(10)6-8;1-8-2-3-10-7-11(12)5-4-9(10)6-8;1-3-8(4-2)9(5,6)7;2-1-3/h4-5H,2-3,6H2,1H3;2-3,6H,4-5,7H2,1H3;2-3,6H,4-5,7H2,1H3;3-4H2,1-2H3;1H2. The van der Waals surface area contributed by atoms with Crippen molar-refractivity contribution in [3.63, 3.8) is 0 Å². The van der Waals surface area contributed by atoms with Crippen LogP contribution in [0.4, 0.5) is 29.2 Å². The first-order chi connectivity index (χ1) is 23.7. The molecule has 13 heteroatoms. The predicted octanol–water partition coefficient (Wildman–Crippen LogP) is 13.2. The van der Waals surface area contributed by atoms with E-state index < -0.39 is 23.2 Å². The van der Waals surface area contributed by atoms with Crippen LogP contribution in [0.1, 0.15) is 83.2 Å².